The zero-order valence-corrected chi connectivity index (χ0v) is 10.7. The first-order valence-electron chi connectivity index (χ1n) is 6.46. The highest BCUT2D eigenvalue weighted by Crippen LogP contribution is 2.36. The zero-order valence-electron chi connectivity index (χ0n) is 10.7. The number of hydrogen-bond donors (Lipinski definition) is 1. The molecule has 1 N–H and O–H groups in total. The second-order valence-corrected chi connectivity index (χ2v) is 5.02. The molecule has 94 valence electrons. The molecular weight excluding hydrogens is 224 g/mol. The lowest BCUT2D eigenvalue weighted by atomic mass is 9.74. The summed E-state index contributed by atoms with van der Waals surface area (Å²) in [5, 5.41) is 12.3. The number of benzene rings is 1. The summed E-state index contributed by atoms with van der Waals surface area (Å²) in [4.78, 5) is 12.3. The number of anilines is 1. The fourth-order valence-corrected chi connectivity index (χ4v) is 2.50. The van der Waals surface area contributed by atoms with Gasteiger partial charge in [0.1, 0.15) is 5.41 Å². The summed E-state index contributed by atoms with van der Waals surface area (Å²) in [6.45, 7) is 1.95. The summed E-state index contributed by atoms with van der Waals surface area (Å²) in [5.41, 5.74) is 1.01. The molecule has 0 bridgehead atoms. The Morgan fingerprint density at radius 2 is 1.94 bits per heavy atom. The standard InChI is InChI=1S/C15H18N2O/c1-12-7-3-4-8-13(12)17-14(18)15(11-16)9-5-2-6-10-15/h3-4,7-8H,2,5-6,9-10H2,1H3,(H,17,18). The van der Waals surface area contributed by atoms with Gasteiger partial charge in [-0.05, 0) is 31.4 Å². The summed E-state index contributed by atoms with van der Waals surface area (Å²) in [6.07, 6.45) is 4.42. The molecule has 1 saturated carbocycles. The van der Waals surface area contributed by atoms with Gasteiger partial charge in [-0.15, -0.1) is 0 Å². The summed E-state index contributed by atoms with van der Waals surface area (Å²) in [7, 11) is 0. The molecule has 0 atom stereocenters. The van der Waals surface area contributed by atoms with Crippen LogP contribution in [0.4, 0.5) is 5.69 Å². The van der Waals surface area contributed by atoms with Crippen molar-refractivity contribution in [1.82, 2.24) is 0 Å². The maximum Gasteiger partial charge on any atom is 0.244 e. The number of nitrogens with one attached hydrogen (secondary N) is 1. The van der Waals surface area contributed by atoms with Crippen LogP contribution in [-0.2, 0) is 4.79 Å². The van der Waals surface area contributed by atoms with Crippen LogP contribution in [0.25, 0.3) is 0 Å². The van der Waals surface area contributed by atoms with Gasteiger partial charge in [0.15, 0.2) is 0 Å². The monoisotopic (exact) mass is 242 g/mol. The Hall–Kier alpha value is -1.82. The molecule has 1 aliphatic carbocycles. The van der Waals surface area contributed by atoms with Crippen LogP contribution in [0.5, 0.6) is 0 Å². The molecule has 1 amide bonds. The lowest BCUT2D eigenvalue weighted by Crippen LogP contribution is -2.36. The Morgan fingerprint density at radius 1 is 1.28 bits per heavy atom. The first-order valence-corrected chi connectivity index (χ1v) is 6.46. The molecule has 0 aromatic heterocycles. The molecule has 1 aromatic rings. The van der Waals surface area contributed by atoms with Crippen molar-refractivity contribution in [3.05, 3.63) is 29.8 Å². The predicted molar refractivity (Wildman–Crippen MR) is 70.9 cm³/mol. The van der Waals surface area contributed by atoms with E-state index in [9.17, 15) is 10.1 Å². The lowest BCUT2D eigenvalue weighted by molar-refractivity contribution is -0.124. The smallest absolute Gasteiger partial charge is 0.244 e. The number of nitrogens with zero attached hydrogens (tertiary/aromatic N) is 1. The van der Waals surface area contributed by atoms with Crippen LogP contribution in [0.2, 0.25) is 0 Å². The largest absolute Gasteiger partial charge is 0.324 e. The van der Waals surface area contributed by atoms with Crippen molar-refractivity contribution in [2.75, 3.05) is 5.32 Å². The minimum Gasteiger partial charge on any atom is -0.324 e. The second kappa shape index (κ2) is 5.22. The fraction of sp³-hybridized carbons (Fsp3) is 0.467. The first kappa shape index (κ1) is 12.6. The van der Waals surface area contributed by atoms with Gasteiger partial charge in [-0.25, -0.2) is 0 Å². The van der Waals surface area contributed by atoms with Gasteiger partial charge in [0, 0.05) is 5.69 Å². The van der Waals surface area contributed by atoms with Gasteiger partial charge in [-0.2, -0.15) is 5.26 Å². The van der Waals surface area contributed by atoms with E-state index in [1.807, 2.05) is 31.2 Å². The molecule has 0 spiro atoms. The van der Waals surface area contributed by atoms with Gasteiger partial charge < -0.3 is 5.32 Å². The van der Waals surface area contributed by atoms with E-state index in [4.69, 9.17) is 0 Å². The number of carbonyl (C=O) groups excluding carboxylic acids is 1. The molecule has 3 nitrogen and oxygen atoms in total. The zero-order chi connectivity index (χ0) is 13.0. The van der Waals surface area contributed by atoms with Gasteiger partial charge in [0.05, 0.1) is 6.07 Å². The first-order chi connectivity index (χ1) is 8.68. The Bertz CT molecular complexity index is 482. The van der Waals surface area contributed by atoms with E-state index < -0.39 is 5.41 Å². The van der Waals surface area contributed by atoms with Crippen LogP contribution >= 0.6 is 0 Å². The molecule has 1 fully saturated rings. The molecule has 1 aromatic carbocycles. The van der Waals surface area contributed by atoms with Gasteiger partial charge >= 0.3 is 0 Å². The Balaban J connectivity index is 2.16. The number of para-hydroxylation sites is 1. The number of hydrogen-bond acceptors (Lipinski definition) is 2. The van der Waals surface area contributed by atoms with Crippen LogP contribution < -0.4 is 5.32 Å². The number of nitriles is 1. The van der Waals surface area contributed by atoms with Gasteiger partial charge in [-0.1, -0.05) is 37.5 Å². The Morgan fingerprint density at radius 3 is 2.56 bits per heavy atom. The average molecular weight is 242 g/mol. The third kappa shape index (κ3) is 2.38. The number of rotatable bonds is 2. The van der Waals surface area contributed by atoms with Crippen molar-refractivity contribution in [3.63, 3.8) is 0 Å². The van der Waals surface area contributed by atoms with E-state index in [1.54, 1.807) is 0 Å². The maximum atomic E-state index is 12.3. The lowest BCUT2D eigenvalue weighted by Gasteiger charge is -2.29. The normalized spacial score (nSPS) is 17.8. The fourth-order valence-electron chi connectivity index (χ4n) is 2.50. The molecule has 0 heterocycles. The molecule has 0 saturated heterocycles. The van der Waals surface area contributed by atoms with Gasteiger partial charge in [-0.3, -0.25) is 4.79 Å². The summed E-state index contributed by atoms with van der Waals surface area (Å²) < 4.78 is 0. The topological polar surface area (TPSA) is 52.9 Å². The summed E-state index contributed by atoms with van der Waals surface area (Å²) in [6, 6.07) is 9.90. The number of carbonyl (C=O) groups is 1. The highest BCUT2D eigenvalue weighted by atomic mass is 16.2. The molecule has 1 aliphatic rings. The quantitative estimate of drug-likeness (QED) is 0.864. The highest BCUT2D eigenvalue weighted by Gasteiger charge is 2.39. The molecule has 0 aliphatic heterocycles. The maximum absolute atomic E-state index is 12.3. The minimum atomic E-state index is -0.819. The van der Waals surface area contributed by atoms with Crippen LogP contribution in [0.1, 0.15) is 37.7 Å². The SMILES string of the molecule is Cc1ccccc1NC(=O)C1(C#N)CCCCC1. The molecule has 3 heteroatoms. The number of amides is 1. The molecular formula is C15H18N2O. The third-order valence-electron chi connectivity index (χ3n) is 3.75. The highest BCUT2D eigenvalue weighted by molar-refractivity contribution is 5.97. The predicted octanol–water partition coefficient (Wildman–Crippen LogP) is 3.41. The van der Waals surface area contributed by atoms with E-state index in [1.165, 1.54) is 0 Å². The average Bonchev–Trinajstić information content (AvgIpc) is 2.42. The van der Waals surface area contributed by atoms with Gasteiger partial charge in [0.25, 0.3) is 0 Å². The molecule has 2 rings (SSSR count). The Kier molecular flexibility index (Phi) is 3.66. The van der Waals surface area contributed by atoms with E-state index in [0.717, 1.165) is 30.5 Å². The van der Waals surface area contributed by atoms with E-state index in [0.29, 0.717) is 12.8 Å². The van der Waals surface area contributed by atoms with Crippen molar-refractivity contribution < 1.29 is 4.79 Å². The van der Waals surface area contributed by atoms with E-state index in [-0.39, 0.29) is 5.91 Å². The van der Waals surface area contributed by atoms with Crippen LogP contribution in [0, 0.1) is 23.7 Å². The second-order valence-electron chi connectivity index (χ2n) is 5.02. The number of aryl methyl sites for hydroxylation is 1. The van der Waals surface area contributed by atoms with Gasteiger partial charge in [0.2, 0.25) is 5.91 Å². The minimum absolute atomic E-state index is 0.140. The summed E-state index contributed by atoms with van der Waals surface area (Å²) in [5.74, 6) is -0.140. The molecule has 0 radical (unpaired) electrons. The van der Waals surface area contributed by atoms with Crippen molar-refractivity contribution in [3.8, 4) is 6.07 Å². The van der Waals surface area contributed by atoms with Crippen LogP contribution in [0.3, 0.4) is 0 Å². The van der Waals surface area contributed by atoms with Crippen LogP contribution in [0.15, 0.2) is 24.3 Å². The molecule has 0 unspecified atom stereocenters. The van der Waals surface area contributed by atoms with E-state index in [2.05, 4.69) is 11.4 Å². The van der Waals surface area contributed by atoms with Crippen molar-refractivity contribution in [2.45, 2.75) is 39.0 Å². The Labute approximate surface area is 108 Å². The van der Waals surface area contributed by atoms with Crippen molar-refractivity contribution >= 4 is 11.6 Å². The van der Waals surface area contributed by atoms with E-state index >= 15 is 0 Å². The van der Waals surface area contributed by atoms with Crippen molar-refractivity contribution in [1.29, 1.82) is 5.26 Å². The molecule has 18 heavy (non-hydrogen) atoms. The summed E-state index contributed by atoms with van der Waals surface area (Å²) >= 11 is 0. The van der Waals surface area contributed by atoms with Crippen LogP contribution in [-0.4, -0.2) is 5.91 Å². The third-order valence-corrected chi connectivity index (χ3v) is 3.75. The van der Waals surface area contributed by atoms with Crippen molar-refractivity contribution in [2.24, 2.45) is 5.41 Å².